The zero-order valence-electron chi connectivity index (χ0n) is 25.8. The molecule has 10 heteroatoms. The first-order valence-corrected chi connectivity index (χ1v) is 14.4. The molecular weight excluding hydrogens is 532 g/mol. The average Bonchev–Trinajstić information content (AvgIpc) is 3.41. The van der Waals surface area contributed by atoms with Crippen molar-refractivity contribution in [2.24, 2.45) is 12.5 Å². The van der Waals surface area contributed by atoms with Gasteiger partial charge in [-0.25, -0.2) is 0 Å². The Morgan fingerprint density at radius 2 is 1.69 bits per heavy atom. The van der Waals surface area contributed by atoms with Crippen molar-refractivity contribution in [3.63, 3.8) is 0 Å². The van der Waals surface area contributed by atoms with Crippen LogP contribution in [-0.2, 0) is 36.3 Å². The molecule has 0 N–H and O–H groups in total. The smallest absolute Gasteiger partial charge is 0.262 e. The summed E-state index contributed by atoms with van der Waals surface area (Å²) in [5.74, 6) is 0.321. The zero-order valence-corrected chi connectivity index (χ0v) is 25.8. The van der Waals surface area contributed by atoms with E-state index in [1.807, 2.05) is 63.7 Å². The van der Waals surface area contributed by atoms with E-state index in [1.165, 1.54) is 0 Å². The molecule has 4 aromatic rings. The first-order valence-electron chi connectivity index (χ1n) is 14.4. The number of nitrogens with zero attached hydrogens (tertiary/aromatic N) is 6. The molecular formula is C32H40N6O4. The highest BCUT2D eigenvalue weighted by Crippen LogP contribution is 2.39. The van der Waals surface area contributed by atoms with Crippen molar-refractivity contribution in [2.75, 3.05) is 29.9 Å². The molecule has 0 unspecified atom stereocenters. The van der Waals surface area contributed by atoms with Crippen LogP contribution in [0, 0.1) is 26.2 Å². The predicted molar refractivity (Wildman–Crippen MR) is 164 cm³/mol. The molecule has 0 radical (unpaired) electrons. The number of amides is 2. The number of rotatable bonds is 8. The summed E-state index contributed by atoms with van der Waals surface area (Å²) in [6, 6.07) is 9.88. The molecule has 1 aliphatic rings. The number of anilines is 2. The fourth-order valence-corrected chi connectivity index (χ4v) is 5.89. The summed E-state index contributed by atoms with van der Waals surface area (Å²) in [5, 5.41) is 5.14. The molecule has 10 nitrogen and oxygen atoms in total. The van der Waals surface area contributed by atoms with Gasteiger partial charge in [-0.3, -0.25) is 24.0 Å². The van der Waals surface area contributed by atoms with Crippen LogP contribution < -0.4 is 15.4 Å². The number of carbonyl (C=O) groups is 2. The Morgan fingerprint density at radius 3 is 2.36 bits per heavy atom. The van der Waals surface area contributed by atoms with E-state index in [0.717, 1.165) is 34.0 Å². The third-order valence-electron chi connectivity index (χ3n) is 8.47. The summed E-state index contributed by atoms with van der Waals surface area (Å²) in [4.78, 5) is 45.6. The van der Waals surface area contributed by atoms with Gasteiger partial charge in [-0.15, -0.1) is 0 Å². The molecule has 0 bridgehead atoms. The van der Waals surface area contributed by atoms with E-state index >= 15 is 0 Å². The zero-order chi connectivity index (χ0) is 30.5. The van der Waals surface area contributed by atoms with E-state index in [2.05, 4.69) is 16.1 Å². The van der Waals surface area contributed by atoms with Gasteiger partial charge in [-0.05, 0) is 71.4 Å². The number of hydrogen-bond donors (Lipinski definition) is 0. The number of benzene rings is 1. The molecule has 3 aromatic heterocycles. The van der Waals surface area contributed by atoms with E-state index < -0.39 is 5.41 Å². The lowest BCUT2D eigenvalue weighted by atomic mass is 9.90. The Morgan fingerprint density at radius 1 is 0.952 bits per heavy atom. The molecule has 0 aliphatic carbocycles. The van der Waals surface area contributed by atoms with Gasteiger partial charge in [0.05, 0.1) is 28.1 Å². The Hall–Kier alpha value is -4.18. The van der Waals surface area contributed by atoms with Gasteiger partial charge in [0.25, 0.3) is 5.56 Å². The number of fused-ring (bicyclic) bond motifs is 2. The van der Waals surface area contributed by atoms with E-state index in [-0.39, 0.29) is 17.4 Å². The van der Waals surface area contributed by atoms with Crippen LogP contribution >= 0.6 is 0 Å². The summed E-state index contributed by atoms with van der Waals surface area (Å²) in [6.07, 6.45) is 1.79. The standard InChI is InChI=1S/C32H40N6O4/c1-9-38-25-11-10-23(17-26(25)34(7)30(40)32(5,6)31(38)41)18-36(19-24-16-20(2)33-35(24)8)14-15-37-13-12-27-28(29(37)39)21(3)22(4)42-27/h10-13,16-17H,9,14-15,18-19H2,1-8H3. The highest BCUT2D eigenvalue weighted by atomic mass is 16.3. The van der Waals surface area contributed by atoms with Crippen LogP contribution in [0.5, 0.6) is 0 Å². The molecule has 5 rings (SSSR count). The van der Waals surface area contributed by atoms with Gasteiger partial charge >= 0.3 is 0 Å². The second-order valence-electron chi connectivity index (χ2n) is 11.8. The van der Waals surface area contributed by atoms with Gasteiger partial charge in [0.2, 0.25) is 11.8 Å². The molecule has 0 fully saturated rings. The lowest BCUT2D eigenvalue weighted by molar-refractivity contribution is -0.137. The van der Waals surface area contributed by atoms with E-state index in [0.29, 0.717) is 49.4 Å². The highest BCUT2D eigenvalue weighted by molar-refractivity contribution is 6.19. The van der Waals surface area contributed by atoms with Crippen molar-refractivity contribution in [2.45, 2.75) is 61.2 Å². The minimum atomic E-state index is -1.16. The van der Waals surface area contributed by atoms with Gasteiger partial charge in [-0.2, -0.15) is 5.10 Å². The van der Waals surface area contributed by atoms with Gasteiger partial charge in [0, 0.05) is 58.6 Å². The largest absolute Gasteiger partial charge is 0.461 e. The average molecular weight is 573 g/mol. The fourth-order valence-electron chi connectivity index (χ4n) is 5.89. The Kier molecular flexibility index (Phi) is 7.61. The molecule has 0 saturated carbocycles. The quantitative estimate of drug-likeness (QED) is 0.292. The molecule has 0 spiro atoms. The molecule has 222 valence electrons. The van der Waals surface area contributed by atoms with Crippen LogP contribution in [0.15, 0.2) is 45.7 Å². The second-order valence-corrected chi connectivity index (χ2v) is 11.8. The molecule has 0 saturated heterocycles. The molecule has 4 heterocycles. The molecule has 0 atom stereocenters. The number of carbonyl (C=O) groups excluding carboxylic acids is 2. The number of aryl methyl sites for hydroxylation is 4. The van der Waals surface area contributed by atoms with Crippen LogP contribution in [0.25, 0.3) is 11.0 Å². The lowest BCUT2D eigenvalue weighted by Crippen LogP contribution is -2.47. The van der Waals surface area contributed by atoms with Crippen molar-refractivity contribution in [3.8, 4) is 0 Å². The predicted octanol–water partition coefficient (Wildman–Crippen LogP) is 4.31. The van der Waals surface area contributed by atoms with E-state index in [4.69, 9.17) is 4.42 Å². The van der Waals surface area contributed by atoms with E-state index in [1.54, 1.807) is 41.5 Å². The molecule has 1 aliphatic heterocycles. The van der Waals surface area contributed by atoms with Gasteiger partial charge < -0.3 is 18.8 Å². The number of hydrogen-bond acceptors (Lipinski definition) is 6. The normalized spacial score (nSPS) is 15.2. The van der Waals surface area contributed by atoms with Crippen LogP contribution in [0.3, 0.4) is 0 Å². The van der Waals surface area contributed by atoms with Crippen LogP contribution in [0.4, 0.5) is 11.4 Å². The number of furan rings is 1. The Labute approximate surface area is 246 Å². The molecule has 42 heavy (non-hydrogen) atoms. The summed E-state index contributed by atoms with van der Waals surface area (Å²) >= 11 is 0. The highest BCUT2D eigenvalue weighted by Gasteiger charge is 2.45. The Balaban J connectivity index is 1.47. The maximum atomic E-state index is 13.3. The monoisotopic (exact) mass is 572 g/mol. The van der Waals surface area contributed by atoms with Gasteiger partial charge in [0.15, 0.2) is 0 Å². The Bertz CT molecular complexity index is 1740. The fraction of sp³-hybridized carbons (Fsp3) is 0.438. The summed E-state index contributed by atoms with van der Waals surface area (Å²) in [7, 11) is 3.67. The summed E-state index contributed by atoms with van der Waals surface area (Å²) in [5.41, 5.74) is 4.70. The second kappa shape index (κ2) is 10.9. The molecule has 2 amide bonds. The van der Waals surface area contributed by atoms with Crippen molar-refractivity contribution in [1.29, 1.82) is 0 Å². The minimum absolute atomic E-state index is 0.0599. The molecule has 1 aromatic carbocycles. The van der Waals surface area contributed by atoms with Crippen LogP contribution in [-0.4, -0.2) is 51.2 Å². The topological polar surface area (TPSA) is 96.8 Å². The van der Waals surface area contributed by atoms with E-state index in [9.17, 15) is 14.4 Å². The first-order chi connectivity index (χ1) is 19.8. The SMILES string of the molecule is CCN1C(=O)C(C)(C)C(=O)N(C)c2cc(CN(CCn3ccc4oc(C)c(C)c4c3=O)Cc3cc(C)nn3C)ccc21. The van der Waals surface area contributed by atoms with Crippen molar-refractivity contribution < 1.29 is 14.0 Å². The third kappa shape index (κ3) is 5.04. The van der Waals surface area contributed by atoms with Crippen molar-refractivity contribution >= 4 is 34.2 Å². The maximum absolute atomic E-state index is 13.3. The van der Waals surface area contributed by atoms with Crippen LogP contribution in [0.2, 0.25) is 0 Å². The first kappa shape index (κ1) is 29.3. The summed E-state index contributed by atoms with van der Waals surface area (Å²) in [6.45, 7) is 13.8. The maximum Gasteiger partial charge on any atom is 0.262 e. The minimum Gasteiger partial charge on any atom is -0.461 e. The van der Waals surface area contributed by atoms with Gasteiger partial charge in [-0.1, -0.05) is 6.07 Å². The van der Waals surface area contributed by atoms with Crippen molar-refractivity contribution in [1.82, 2.24) is 19.2 Å². The van der Waals surface area contributed by atoms with Crippen LogP contribution in [0.1, 0.15) is 49.0 Å². The van der Waals surface area contributed by atoms with Crippen molar-refractivity contribution in [3.05, 3.63) is 75.2 Å². The lowest BCUT2D eigenvalue weighted by Gasteiger charge is -2.27. The third-order valence-corrected chi connectivity index (χ3v) is 8.47. The summed E-state index contributed by atoms with van der Waals surface area (Å²) < 4.78 is 9.37. The number of aromatic nitrogens is 3. The van der Waals surface area contributed by atoms with Gasteiger partial charge in [0.1, 0.15) is 16.8 Å². The number of pyridine rings is 1.